The molecule has 0 saturated carbocycles. The van der Waals surface area contributed by atoms with Gasteiger partial charge in [0.1, 0.15) is 9.84 Å². The van der Waals surface area contributed by atoms with Crippen LogP contribution in [-0.2, 0) is 24.7 Å². The largest absolute Gasteiger partial charge is 0.481 e. The van der Waals surface area contributed by atoms with Crippen LogP contribution in [0.25, 0.3) is 0 Å². The first-order chi connectivity index (χ1) is 9.02. The van der Waals surface area contributed by atoms with E-state index in [0.717, 1.165) is 10.6 Å². The zero-order valence-corrected chi connectivity index (χ0v) is 13.3. The van der Waals surface area contributed by atoms with Crippen molar-refractivity contribution >= 4 is 25.8 Å². The van der Waals surface area contributed by atoms with Crippen LogP contribution in [0.15, 0.2) is 0 Å². The van der Waals surface area contributed by atoms with E-state index >= 15 is 0 Å². The lowest BCUT2D eigenvalue weighted by Crippen LogP contribution is -2.38. The number of carboxylic acid groups (broad SMARTS) is 1. The molecule has 1 atom stereocenters. The van der Waals surface area contributed by atoms with E-state index in [4.69, 9.17) is 0 Å². The van der Waals surface area contributed by atoms with Gasteiger partial charge in [-0.15, -0.1) is 0 Å². The Morgan fingerprint density at radius 1 is 1.25 bits per heavy atom. The number of hydrogen-bond donors (Lipinski definition) is 1. The molecular formula is C11H21NO6S2. The summed E-state index contributed by atoms with van der Waals surface area (Å²) in [6, 6.07) is 0. The van der Waals surface area contributed by atoms with E-state index in [1.54, 1.807) is 0 Å². The highest BCUT2D eigenvalue weighted by molar-refractivity contribution is 7.93. The van der Waals surface area contributed by atoms with Crippen molar-refractivity contribution in [2.24, 2.45) is 5.41 Å². The minimum Gasteiger partial charge on any atom is -0.481 e. The topological polar surface area (TPSA) is 109 Å². The van der Waals surface area contributed by atoms with Crippen LogP contribution < -0.4 is 0 Å². The Balaban J connectivity index is 2.82. The smallest absolute Gasteiger partial charge is 0.311 e. The Hall–Kier alpha value is -0.670. The molecule has 0 radical (unpaired) electrons. The van der Waals surface area contributed by atoms with E-state index in [0.29, 0.717) is 12.8 Å². The standard InChI is InChI=1S/C11H21NO6S2/c1-3-4-11(10(13)14)5-6-12(9-11)20(17,18)8-7-19(2,15)16/h3-9H2,1-2H3,(H,13,14). The van der Waals surface area contributed by atoms with Gasteiger partial charge in [-0.05, 0) is 12.8 Å². The molecular weight excluding hydrogens is 306 g/mol. The Kier molecular flexibility index (Phi) is 5.20. The van der Waals surface area contributed by atoms with E-state index in [1.165, 1.54) is 0 Å². The molecule has 1 saturated heterocycles. The summed E-state index contributed by atoms with van der Waals surface area (Å²) < 4.78 is 47.3. The fourth-order valence-corrected chi connectivity index (χ4v) is 5.55. The molecule has 1 aliphatic rings. The molecule has 1 fully saturated rings. The van der Waals surface area contributed by atoms with E-state index in [2.05, 4.69) is 0 Å². The molecule has 0 bridgehead atoms. The molecule has 20 heavy (non-hydrogen) atoms. The van der Waals surface area contributed by atoms with Crippen LogP contribution in [0.2, 0.25) is 0 Å². The Morgan fingerprint density at radius 3 is 2.30 bits per heavy atom. The Morgan fingerprint density at radius 2 is 1.85 bits per heavy atom. The monoisotopic (exact) mass is 327 g/mol. The van der Waals surface area contributed by atoms with Crippen molar-refractivity contribution in [1.29, 1.82) is 0 Å². The second kappa shape index (κ2) is 5.98. The number of aliphatic carboxylic acids is 1. The van der Waals surface area contributed by atoms with Gasteiger partial charge in [-0.3, -0.25) is 4.79 Å². The minimum absolute atomic E-state index is 0.0672. The summed E-state index contributed by atoms with van der Waals surface area (Å²) in [6.07, 6.45) is 2.32. The van der Waals surface area contributed by atoms with Crippen LogP contribution in [0.5, 0.6) is 0 Å². The van der Waals surface area contributed by atoms with Crippen LogP contribution in [0, 0.1) is 5.41 Å². The SMILES string of the molecule is CCCC1(C(=O)O)CCN(S(=O)(=O)CCS(C)(=O)=O)C1. The predicted molar refractivity (Wildman–Crippen MR) is 74.7 cm³/mol. The third-order valence-corrected chi connectivity index (χ3v) is 6.63. The third-order valence-electron chi connectivity index (χ3n) is 3.61. The van der Waals surface area contributed by atoms with Crippen molar-refractivity contribution in [1.82, 2.24) is 4.31 Å². The highest BCUT2D eigenvalue weighted by Crippen LogP contribution is 2.36. The molecule has 9 heteroatoms. The fraction of sp³-hybridized carbons (Fsp3) is 0.909. The molecule has 118 valence electrons. The van der Waals surface area contributed by atoms with Crippen LogP contribution >= 0.6 is 0 Å². The molecule has 7 nitrogen and oxygen atoms in total. The fourth-order valence-electron chi connectivity index (χ4n) is 2.42. The first kappa shape index (κ1) is 17.4. The summed E-state index contributed by atoms with van der Waals surface area (Å²) >= 11 is 0. The van der Waals surface area contributed by atoms with Gasteiger partial charge >= 0.3 is 5.97 Å². The number of rotatable bonds is 7. The highest BCUT2D eigenvalue weighted by atomic mass is 32.2. The summed E-state index contributed by atoms with van der Waals surface area (Å²) in [7, 11) is -7.09. The van der Waals surface area contributed by atoms with Crippen LogP contribution in [0.1, 0.15) is 26.2 Å². The number of carboxylic acids is 1. The highest BCUT2D eigenvalue weighted by Gasteiger charge is 2.47. The lowest BCUT2D eigenvalue weighted by atomic mass is 9.83. The van der Waals surface area contributed by atoms with Crippen molar-refractivity contribution in [3.05, 3.63) is 0 Å². The van der Waals surface area contributed by atoms with E-state index in [-0.39, 0.29) is 19.5 Å². The van der Waals surface area contributed by atoms with E-state index in [9.17, 15) is 26.7 Å². The van der Waals surface area contributed by atoms with Gasteiger partial charge in [0.15, 0.2) is 0 Å². The van der Waals surface area contributed by atoms with Gasteiger partial charge in [-0.25, -0.2) is 21.1 Å². The third kappa shape index (κ3) is 4.16. The van der Waals surface area contributed by atoms with Gasteiger partial charge in [0, 0.05) is 19.3 Å². The molecule has 0 aromatic carbocycles. The lowest BCUT2D eigenvalue weighted by molar-refractivity contribution is -0.148. The summed E-state index contributed by atoms with van der Waals surface area (Å²) in [5.41, 5.74) is -1.03. The molecule has 1 N–H and O–H groups in total. The maximum Gasteiger partial charge on any atom is 0.311 e. The molecule has 0 amide bonds. The average Bonchev–Trinajstić information content (AvgIpc) is 2.73. The first-order valence-corrected chi connectivity index (χ1v) is 10.1. The number of sulfone groups is 1. The van der Waals surface area contributed by atoms with Crippen molar-refractivity contribution in [3.63, 3.8) is 0 Å². The summed E-state index contributed by atoms with van der Waals surface area (Å²) in [4.78, 5) is 11.4. The quantitative estimate of drug-likeness (QED) is 0.701. The molecule has 1 aliphatic heterocycles. The van der Waals surface area contributed by atoms with E-state index in [1.807, 2.05) is 6.92 Å². The van der Waals surface area contributed by atoms with Crippen LogP contribution in [0.4, 0.5) is 0 Å². The van der Waals surface area contributed by atoms with Gasteiger partial charge in [0.2, 0.25) is 10.0 Å². The summed E-state index contributed by atoms with van der Waals surface area (Å²) in [5, 5.41) is 9.32. The normalized spacial score (nSPS) is 24.9. The van der Waals surface area contributed by atoms with Crippen molar-refractivity contribution in [3.8, 4) is 0 Å². The molecule has 0 aromatic heterocycles. The van der Waals surface area contributed by atoms with Gasteiger partial charge in [-0.1, -0.05) is 13.3 Å². The minimum atomic E-state index is -3.73. The number of sulfonamides is 1. The maximum absolute atomic E-state index is 12.1. The van der Waals surface area contributed by atoms with Crippen LogP contribution in [0.3, 0.4) is 0 Å². The Labute approximate surface area is 119 Å². The molecule has 1 unspecified atom stereocenters. The van der Waals surface area contributed by atoms with Crippen molar-refractivity contribution < 1.29 is 26.7 Å². The average molecular weight is 327 g/mol. The molecule has 1 heterocycles. The molecule has 1 rings (SSSR count). The number of hydrogen-bond acceptors (Lipinski definition) is 5. The zero-order chi connectivity index (χ0) is 15.6. The van der Waals surface area contributed by atoms with Gasteiger partial charge in [-0.2, -0.15) is 0 Å². The Bertz CT molecular complexity index is 568. The van der Waals surface area contributed by atoms with Gasteiger partial charge in [0.05, 0.1) is 16.9 Å². The zero-order valence-electron chi connectivity index (χ0n) is 11.7. The van der Waals surface area contributed by atoms with Crippen LogP contribution in [-0.4, -0.2) is 63.1 Å². The number of nitrogens with zero attached hydrogens (tertiary/aromatic N) is 1. The first-order valence-electron chi connectivity index (χ1n) is 6.41. The molecule has 0 aliphatic carbocycles. The lowest BCUT2D eigenvalue weighted by Gasteiger charge is -2.24. The second-order valence-electron chi connectivity index (χ2n) is 5.36. The second-order valence-corrected chi connectivity index (χ2v) is 9.71. The van der Waals surface area contributed by atoms with Gasteiger partial charge in [0.25, 0.3) is 0 Å². The van der Waals surface area contributed by atoms with Crippen molar-refractivity contribution in [2.75, 3.05) is 30.9 Å². The van der Waals surface area contributed by atoms with E-state index < -0.39 is 42.8 Å². The predicted octanol–water partition coefficient (Wildman–Crippen LogP) is -0.0624. The van der Waals surface area contributed by atoms with Crippen molar-refractivity contribution in [2.45, 2.75) is 26.2 Å². The molecule has 0 spiro atoms. The maximum atomic E-state index is 12.1. The number of carbonyl (C=O) groups is 1. The summed E-state index contributed by atoms with van der Waals surface area (Å²) in [5.74, 6) is -1.92. The summed E-state index contributed by atoms with van der Waals surface area (Å²) in [6.45, 7) is 1.92. The molecule has 0 aromatic rings. The van der Waals surface area contributed by atoms with Gasteiger partial charge < -0.3 is 5.11 Å².